The number of rotatable bonds is 5. The van der Waals surface area contributed by atoms with Crippen molar-refractivity contribution in [3.05, 3.63) is 87.9 Å². The summed E-state index contributed by atoms with van der Waals surface area (Å²) in [6.45, 7) is 5.84. The Balaban J connectivity index is 2.13. The van der Waals surface area contributed by atoms with Gasteiger partial charge in [0, 0.05) is 10.0 Å². The van der Waals surface area contributed by atoms with E-state index in [1.807, 2.05) is 50.2 Å². The van der Waals surface area contributed by atoms with Crippen LogP contribution >= 0.6 is 15.9 Å². The first-order chi connectivity index (χ1) is 14.2. The molecule has 0 aromatic heterocycles. The lowest BCUT2D eigenvalue weighted by molar-refractivity contribution is -0.266. The SMILES string of the molecule is Cc1cc(NC(=[NH+]S(=O)(=O)c2ccc(Br)cc2)c2ccccc2)c(C(C)C)cc1O. The number of phenolic OH excluding ortho intramolecular Hbond substituents is 1. The normalized spacial score (nSPS) is 12.2. The standard InChI is InChI=1S/C23H23BrN2O3S/c1-15(2)20-14-22(27)16(3)13-21(20)25-23(17-7-5-4-6-8-17)26-30(28,29)19-11-9-18(24)10-12-19/h4-15,27H,1-3H3,(H,25,26)/p+1. The van der Waals surface area contributed by atoms with Crippen molar-refractivity contribution in [3.8, 4) is 5.75 Å². The Morgan fingerprint density at radius 2 is 1.67 bits per heavy atom. The lowest BCUT2D eigenvalue weighted by Crippen LogP contribution is -2.78. The first-order valence-corrected chi connectivity index (χ1v) is 11.8. The quantitative estimate of drug-likeness (QED) is 0.289. The van der Waals surface area contributed by atoms with Gasteiger partial charge in [-0.15, -0.1) is 0 Å². The molecule has 156 valence electrons. The van der Waals surface area contributed by atoms with E-state index in [2.05, 4.69) is 25.6 Å². The van der Waals surface area contributed by atoms with E-state index in [1.54, 1.807) is 37.3 Å². The van der Waals surface area contributed by atoms with Crippen molar-refractivity contribution in [1.82, 2.24) is 0 Å². The van der Waals surface area contributed by atoms with E-state index in [0.717, 1.165) is 15.7 Å². The molecule has 0 fully saturated rings. The summed E-state index contributed by atoms with van der Waals surface area (Å²) in [5.74, 6) is 0.672. The van der Waals surface area contributed by atoms with Crippen LogP contribution in [0.3, 0.4) is 0 Å². The molecule has 0 amide bonds. The number of benzene rings is 3. The fourth-order valence-corrected chi connectivity index (χ4v) is 4.32. The van der Waals surface area contributed by atoms with Crippen LogP contribution in [0.15, 0.2) is 76.1 Å². The highest BCUT2D eigenvalue weighted by molar-refractivity contribution is 9.10. The molecule has 7 heteroatoms. The van der Waals surface area contributed by atoms with E-state index in [-0.39, 0.29) is 16.6 Å². The molecule has 3 N–H and O–H groups in total. The molecule has 30 heavy (non-hydrogen) atoms. The Labute approximate surface area is 185 Å². The molecule has 0 spiro atoms. The second-order valence-corrected chi connectivity index (χ2v) is 9.90. The number of amidine groups is 1. The molecule has 3 rings (SSSR count). The molecule has 3 aromatic carbocycles. The highest BCUT2D eigenvalue weighted by Crippen LogP contribution is 2.31. The Kier molecular flexibility index (Phi) is 6.63. The van der Waals surface area contributed by atoms with Gasteiger partial charge in [0.25, 0.3) is 5.84 Å². The van der Waals surface area contributed by atoms with E-state index in [9.17, 15) is 13.5 Å². The van der Waals surface area contributed by atoms with Gasteiger partial charge in [-0.05, 0) is 66.9 Å². The van der Waals surface area contributed by atoms with Crippen LogP contribution in [0.25, 0.3) is 0 Å². The molecule has 0 radical (unpaired) electrons. The second kappa shape index (κ2) is 9.02. The molecular formula is C23H24BrN2O3S+. The molecule has 0 bridgehead atoms. The van der Waals surface area contributed by atoms with Crippen molar-refractivity contribution >= 4 is 37.5 Å². The van der Waals surface area contributed by atoms with Crippen LogP contribution in [0.5, 0.6) is 5.75 Å². The maximum Gasteiger partial charge on any atom is 0.328 e. The molecule has 3 aromatic rings. The van der Waals surface area contributed by atoms with Gasteiger partial charge in [0.2, 0.25) is 0 Å². The number of nitrogens with one attached hydrogen (secondary N) is 2. The Morgan fingerprint density at radius 1 is 1.03 bits per heavy atom. The first-order valence-electron chi connectivity index (χ1n) is 9.48. The summed E-state index contributed by atoms with van der Waals surface area (Å²) in [5.41, 5.74) is 3.01. The number of phenols is 1. The number of aryl methyl sites for hydroxylation is 1. The Morgan fingerprint density at radius 3 is 2.27 bits per heavy atom. The first kappa shape index (κ1) is 22.1. The van der Waals surface area contributed by atoms with Gasteiger partial charge in [-0.25, -0.2) is 5.32 Å². The third-order valence-electron chi connectivity index (χ3n) is 4.67. The number of halogens is 1. The van der Waals surface area contributed by atoms with Crippen molar-refractivity contribution in [2.24, 2.45) is 0 Å². The van der Waals surface area contributed by atoms with Crippen LogP contribution in [0.4, 0.5) is 5.69 Å². The summed E-state index contributed by atoms with van der Waals surface area (Å²) in [6.07, 6.45) is 0. The minimum Gasteiger partial charge on any atom is -0.508 e. The fourth-order valence-electron chi connectivity index (χ4n) is 3.00. The number of anilines is 1. The Hall–Kier alpha value is -2.64. The predicted octanol–water partition coefficient (Wildman–Crippen LogP) is 3.91. The summed E-state index contributed by atoms with van der Waals surface area (Å²) >= 11 is 3.32. The van der Waals surface area contributed by atoms with Crippen molar-refractivity contribution in [2.45, 2.75) is 31.6 Å². The summed E-state index contributed by atoms with van der Waals surface area (Å²) in [6, 6.07) is 19.2. The smallest absolute Gasteiger partial charge is 0.328 e. The van der Waals surface area contributed by atoms with Crippen LogP contribution in [0.2, 0.25) is 0 Å². The molecule has 0 aliphatic carbocycles. The van der Waals surface area contributed by atoms with E-state index >= 15 is 0 Å². The summed E-state index contributed by atoms with van der Waals surface area (Å²) in [7, 11) is -3.82. The third-order valence-corrected chi connectivity index (χ3v) is 6.57. The fraction of sp³-hybridized carbons (Fsp3) is 0.174. The third kappa shape index (κ3) is 5.09. The van der Waals surface area contributed by atoms with E-state index in [1.165, 1.54) is 0 Å². The molecule has 0 aliphatic rings. The molecule has 5 nitrogen and oxygen atoms in total. The van der Waals surface area contributed by atoms with Gasteiger partial charge < -0.3 is 5.11 Å². The highest BCUT2D eigenvalue weighted by atomic mass is 79.9. The van der Waals surface area contributed by atoms with E-state index in [4.69, 9.17) is 0 Å². The number of sulfonamides is 1. The predicted molar refractivity (Wildman–Crippen MR) is 123 cm³/mol. The molecular weight excluding hydrogens is 464 g/mol. The van der Waals surface area contributed by atoms with Crippen LogP contribution in [-0.4, -0.2) is 19.4 Å². The van der Waals surface area contributed by atoms with Crippen LogP contribution in [-0.2, 0) is 10.0 Å². The summed E-state index contributed by atoms with van der Waals surface area (Å²) in [5, 5.41) is 13.4. The average Bonchev–Trinajstić information content (AvgIpc) is 2.70. The van der Waals surface area contributed by atoms with Gasteiger partial charge in [-0.1, -0.05) is 48.0 Å². The van der Waals surface area contributed by atoms with Gasteiger partial charge in [0.1, 0.15) is 16.3 Å². The molecule has 0 aliphatic heterocycles. The zero-order valence-electron chi connectivity index (χ0n) is 17.0. The number of hydrogen-bond acceptors (Lipinski definition) is 3. The van der Waals surface area contributed by atoms with Crippen molar-refractivity contribution in [1.29, 1.82) is 0 Å². The second-order valence-electron chi connectivity index (χ2n) is 7.31. The zero-order chi connectivity index (χ0) is 21.9. The molecule has 0 unspecified atom stereocenters. The maximum absolute atomic E-state index is 13.0. The maximum atomic E-state index is 13.0. The van der Waals surface area contributed by atoms with Crippen molar-refractivity contribution < 1.29 is 17.9 Å². The molecule has 0 heterocycles. The van der Waals surface area contributed by atoms with E-state index in [0.29, 0.717) is 17.0 Å². The number of aromatic hydroxyl groups is 1. The largest absolute Gasteiger partial charge is 0.508 e. The van der Waals surface area contributed by atoms with Crippen LogP contribution < -0.4 is 9.71 Å². The van der Waals surface area contributed by atoms with Gasteiger partial charge in [-0.3, -0.25) is 0 Å². The minimum atomic E-state index is -3.82. The number of hydrogen-bond donors (Lipinski definition) is 3. The van der Waals surface area contributed by atoms with Crippen molar-refractivity contribution in [3.63, 3.8) is 0 Å². The van der Waals surface area contributed by atoms with Crippen LogP contribution in [0.1, 0.15) is 36.5 Å². The molecule has 0 atom stereocenters. The van der Waals surface area contributed by atoms with E-state index < -0.39 is 10.0 Å². The minimum absolute atomic E-state index is 0.124. The lowest BCUT2D eigenvalue weighted by atomic mass is 9.98. The average molecular weight is 488 g/mol. The summed E-state index contributed by atoms with van der Waals surface area (Å²) < 4.78 is 29.6. The zero-order valence-corrected chi connectivity index (χ0v) is 19.4. The summed E-state index contributed by atoms with van der Waals surface area (Å²) in [4.78, 5) is 0.159. The van der Waals surface area contributed by atoms with Gasteiger partial charge in [0.05, 0.1) is 5.56 Å². The molecule has 0 saturated heterocycles. The lowest BCUT2D eigenvalue weighted by Gasteiger charge is -2.13. The van der Waals surface area contributed by atoms with Gasteiger partial charge in [0.15, 0.2) is 0 Å². The van der Waals surface area contributed by atoms with Gasteiger partial charge in [-0.2, -0.15) is 12.8 Å². The topological polar surface area (TPSA) is 80.4 Å². The molecule has 0 saturated carbocycles. The monoisotopic (exact) mass is 487 g/mol. The van der Waals surface area contributed by atoms with Crippen LogP contribution in [0, 0.1) is 6.92 Å². The van der Waals surface area contributed by atoms with Gasteiger partial charge >= 0.3 is 10.0 Å². The van der Waals surface area contributed by atoms with Crippen molar-refractivity contribution in [2.75, 3.05) is 5.32 Å². The highest BCUT2D eigenvalue weighted by Gasteiger charge is 2.22. The Bertz CT molecular complexity index is 1170.